The van der Waals surface area contributed by atoms with Crippen LogP contribution in [0.15, 0.2) is 6.07 Å². The van der Waals surface area contributed by atoms with Gasteiger partial charge in [-0.25, -0.2) is 0 Å². The lowest BCUT2D eigenvalue weighted by molar-refractivity contribution is -0.0504. The van der Waals surface area contributed by atoms with Crippen LogP contribution in [-0.2, 0) is 6.54 Å². The fourth-order valence-corrected chi connectivity index (χ4v) is 1.58. The van der Waals surface area contributed by atoms with Gasteiger partial charge in [0.05, 0.1) is 0 Å². The number of rotatable bonds is 3. The first-order valence-electron chi connectivity index (χ1n) is 4.40. The van der Waals surface area contributed by atoms with Crippen LogP contribution in [0.25, 0.3) is 0 Å². The van der Waals surface area contributed by atoms with E-state index in [0.29, 0.717) is 21.7 Å². The summed E-state index contributed by atoms with van der Waals surface area (Å²) in [6, 6.07) is 1.48. The molecule has 5 heteroatoms. The van der Waals surface area contributed by atoms with Gasteiger partial charge in [0.25, 0.3) is 0 Å². The Morgan fingerprint density at radius 1 is 1.47 bits per heavy atom. The first kappa shape index (κ1) is 12.2. The van der Waals surface area contributed by atoms with Gasteiger partial charge in [0, 0.05) is 17.1 Å². The van der Waals surface area contributed by atoms with Gasteiger partial charge in [0.15, 0.2) is 0 Å². The topological polar surface area (TPSA) is 35.2 Å². The van der Waals surface area contributed by atoms with E-state index >= 15 is 0 Å². The van der Waals surface area contributed by atoms with Crippen molar-refractivity contribution >= 4 is 11.6 Å². The number of halogens is 3. The molecule has 1 rings (SSSR count). The lowest BCUT2D eigenvalue weighted by Gasteiger charge is -2.14. The molecule has 0 saturated carbocycles. The van der Waals surface area contributed by atoms with E-state index in [0.717, 1.165) is 0 Å². The Balaban J connectivity index is 3.25. The lowest BCUT2D eigenvalue weighted by Crippen LogP contribution is -2.09. The summed E-state index contributed by atoms with van der Waals surface area (Å²) in [7, 11) is 0. The van der Waals surface area contributed by atoms with Crippen molar-refractivity contribution < 1.29 is 13.5 Å². The molecule has 1 aromatic rings. The Labute approximate surface area is 92.0 Å². The quantitative estimate of drug-likeness (QED) is 0.874. The predicted octanol–water partition coefficient (Wildman–Crippen LogP) is 3.02. The van der Waals surface area contributed by atoms with Crippen molar-refractivity contribution in [2.75, 3.05) is 0 Å². The van der Waals surface area contributed by atoms with Gasteiger partial charge in [0.1, 0.15) is 5.75 Å². The molecule has 0 unspecified atom stereocenters. The third-order valence-electron chi connectivity index (χ3n) is 2.19. The zero-order valence-electron chi connectivity index (χ0n) is 8.48. The number of ether oxygens (including phenoxy) is 1. The van der Waals surface area contributed by atoms with Crippen LogP contribution >= 0.6 is 11.6 Å². The average molecular weight is 236 g/mol. The van der Waals surface area contributed by atoms with E-state index in [4.69, 9.17) is 17.3 Å². The van der Waals surface area contributed by atoms with E-state index in [1.165, 1.54) is 6.07 Å². The number of aryl methyl sites for hydroxylation is 1. The Hall–Kier alpha value is -0.870. The Bertz CT molecular complexity index is 369. The van der Waals surface area contributed by atoms with Crippen LogP contribution in [0.4, 0.5) is 8.78 Å². The molecule has 0 spiro atoms. The van der Waals surface area contributed by atoms with Crippen molar-refractivity contribution in [3.8, 4) is 5.75 Å². The minimum absolute atomic E-state index is 0.104. The van der Waals surface area contributed by atoms with Gasteiger partial charge in [-0.15, -0.1) is 0 Å². The molecule has 0 atom stereocenters. The van der Waals surface area contributed by atoms with Crippen molar-refractivity contribution in [2.24, 2.45) is 5.73 Å². The summed E-state index contributed by atoms with van der Waals surface area (Å²) in [5, 5.41) is 0.539. The van der Waals surface area contributed by atoms with Crippen LogP contribution in [0.3, 0.4) is 0 Å². The molecular weight excluding hydrogens is 224 g/mol. The average Bonchev–Trinajstić information content (AvgIpc) is 2.14. The first-order valence-corrected chi connectivity index (χ1v) is 4.78. The summed E-state index contributed by atoms with van der Waals surface area (Å²) in [6.07, 6.45) is 0. The zero-order valence-corrected chi connectivity index (χ0v) is 9.24. The van der Waals surface area contributed by atoms with Crippen LogP contribution in [0.5, 0.6) is 5.75 Å². The standard InChI is InChI=1S/C10H12ClF2NO/c1-5-3-8(15-10(12)13)7(4-14)6(2)9(5)11/h3,10H,4,14H2,1-2H3. The molecule has 0 aliphatic rings. The molecule has 0 fully saturated rings. The maximum absolute atomic E-state index is 12.1. The fraction of sp³-hybridized carbons (Fsp3) is 0.400. The van der Waals surface area contributed by atoms with Gasteiger partial charge in [-0.2, -0.15) is 8.78 Å². The maximum atomic E-state index is 12.1. The number of hydrogen-bond acceptors (Lipinski definition) is 2. The molecule has 1 aromatic carbocycles. The van der Waals surface area contributed by atoms with Crippen molar-refractivity contribution in [3.63, 3.8) is 0 Å². The number of alkyl halides is 2. The molecule has 0 radical (unpaired) electrons. The Morgan fingerprint density at radius 3 is 2.53 bits per heavy atom. The molecule has 0 heterocycles. The summed E-state index contributed by atoms with van der Waals surface area (Å²) < 4.78 is 28.6. The minimum Gasteiger partial charge on any atom is -0.434 e. The normalized spacial score (nSPS) is 10.9. The molecule has 0 saturated heterocycles. The van der Waals surface area contributed by atoms with Gasteiger partial charge in [0.2, 0.25) is 0 Å². The Kier molecular flexibility index (Phi) is 3.88. The van der Waals surface area contributed by atoms with Gasteiger partial charge in [-0.1, -0.05) is 11.6 Å². The molecule has 0 bridgehead atoms. The molecule has 15 heavy (non-hydrogen) atoms. The second-order valence-electron chi connectivity index (χ2n) is 3.19. The molecule has 84 valence electrons. The smallest absolute Gasteiger partial charge is 0.387 e. The minimum atomic E-state index is -2.85. The molecule has 0 aromatic heterocycles. The van der Waals surface area contributed by atoms with Crippen LogP contribution in [0.2, 0.25) is 5.02 Å². The van der Waals surface area contributed by atoms with Crippen molar-refractivity contribution in [1.29, 1.82) is 0 Å². The second-order valence-corrected chi connectivity index (χ2v) is 3.57. The number of nitrogens with two attached hydrogens (primary N) is 1. The fourth-order valence-electron chi connectivity index (χ4n) is 1.41. The highest BCUT2D eigenvalue weighted by Gasteiger charge is 2.14. The van der Waals surface area contributed by atoms with Crippen molar-refractivity contribution in [1.82, 2.24) is 0 Å². The molecule has 2 nitrogen and oxygen atoms in total. The molecule has 0 amide bonds. The van der Waals surface area contributed by atoms with E-state index in [1.807, 2.05) is 0 Å². The summed E-state index contributed by atoms with van der Waals surface area (Å²) in [6.45, 7) is 0.729. The van der Waals surface area contributed by atoms with Crippen LogP contribution in [-0.4, -0.2) is 6.61 Å². The van der Waals surface area contributed by atoms with Crippen LogP contribution in [0.1, 0.15) is 16.7 Å². The zero-order chi connectivity index (χ0) is 11.6. The third-order valence-corrected chi connectivity index (χ3v) is 2.77. The highest BCUT2D eigenvalue weighted by molar-refractivity contribution is 6.32. The van der Waals surface area contributed by atoms with Gasteiger partial charge in [-0.05, 0) is 31.0 Å². The predicted molar refractivity (Wildman–Crippen MR) is 55.4 cm³/mol. The van der Waals surface area contributed by atoms with Crippen LogP contribution < -0.4 is 10.5 Å². The number of hydrogen-bond donors (Lipinski definition) is 1. The molecular formula is C10H12ClF2NO. The molecule has 2 N–H and O–H groups in total. The second kappa shape index (κ2) is 4.77. The Morgan fingerprint density at radius 2 is 2.07 bits per heavy atom. The lowest BCUT2D eigenvalue weighted by atomic mass is 10.0. The van der Waals surface area contributed by atoms with E-state index in [1.54, 1.807) is 13.8 Å². The third kappa shape index (κ3) is 2.58. The van der Waals surface area contributed by atoms with E-state index in [-0.39, 0.29) is 12.3 Å². The maximum Gasteiger partial charge on any atom is 0.387 e. The van der Waals surface area contributed by atoms with E-state index in [9.17, 15) is 8.78 Å². The highest BCUT2D eigenvalue weighted by Crippen LogP contribution is 2.32. The summed E-state index contributed by atoms with van der Waals surface area (Å²) >= 11 is 5.97. The summed E-state index contributed by atoms with van der Waals surface area (Å²) in [5.41, 5.74) is 7.37. The first-order chi connectivity index (χ1) is 6.97. The van der Waals surface area contributed by atoms with Crippen molar-refractivity contribution in [3.05, 3.63) is 27.8 Å². The largest absolute Gasteiger partial charge is 0.434 e. The van der Waals surface area contributed by atoms with Gasteiger partial charge < -0.3 is 10.5 Å². The molecule has 0 aliphatic heterocycles. The summed E-state index contributed by atoms with van der Waals surface area (Å²) in [4.78, 5) is 0. The highest BCUT2D eigenvalue weighted by atomic mass is 35.5. The van der Waals surface area contributed by atoms with Crippen molar-refractivity contribution in [2.45, 2.75) is 27.0 Å². The number of benzene rings is 1. The van der Waals surface area contributed by atoms with Crippen LogP contribution in [0, 0.1) is 13.8 Å². The van der Waals surface area contributed by atoms with E-state index < -0.39 is 6.61 Å². The summed E-state index contributed by atoms with van der Waals surface area (Å²) in [5.74, 6) is 0.104. The van der Waals surface area contributed by atoms with E-state index in [2.05, 4.69) is 4.74 Å². The molecule has 0 aliphatic carbocycles. The van der Waals surface area contributed by atoms with Gasteiger partial charge >= 0.3 is 6.61 Å². The SMILES string of the molecule is Cc1cc(OC(F)F)c(CN)c(C)c1Cl. The van der Waals surface area contributed by atoms with Gasteiger partial charge in [-0.3, -0.25) is 0 Å². The monoisotopic (exact) mass is 235 g/mol.